The van der Waals surface area contributed by atoms with Gasteiger partial charge in [0.2, 0.25) is 0 Å². The van der Waals surface area contributed by atoms with E-state index in [0.29, 0.717) is 23.7 Å². The number of nitrogens with zero attached hydrogens (tertiary/aromatic N) is 2. The zero-order chi connectivity index (χ0) is 24.5. The molecule has 1 aromatic carbocycles. The molecule has 1 heterocycles. The highest BCUT2D eigenvalue weighted by atomic mass is 19.4. The van der Waals surface area contributed by atoms with Crippen LogP contribution in [0.15, 0.2) is 36.0 Å². The lowest BCUT2D eigenvalue weighted by Gasteiger charge is -2.32. The summed E-state index contributed by atoms with van der Waals surface area (Å²) in [4.78, 5) is 16.2. The number of ether oxygens (including phenoxy) is 1. The van der Waals surface area contributed by atoms with E-state index in [0.717, 1.165) is 12.1 Å². The molecule has 2 rings (SSSR count). The third kappa shape index (κ3) is 4.67. The van der Waals surface area contributed by atoms with Crippen molar-refractivity contribution >= 4 is 12.0 Å². The van der Waals surface area contributed by atoms with Crippen molar-refractivity contribution in [2.45, 2.75) is 51.6 Å². The Kier molecular flexibility index (Phi) is 7.13. The van der Waals surface area contributed by atoms with Gasteiger partial charge in [-0.25, -0.2) is 9.78 Å². The van der Waals surface area contributed by atoms with Crippen LogP contribution < -0.4 is 0 Å². The molecule has 0 aliphatic rings. The summed E-state index contributed by atoms with van der Waals surface area (Å²) in [6.45, 7) is 6.89. The van der Waals surface area contributed by atoms with Gasteiger partial charge in [0.1, 0.15) is 5.82 Å². The summed E-state index contributed by atoms with van der Waals surface area (Å²) < 4.78 is 85.2. The van der Waals surface area contributed by atoms with Crippen molar-refractivity contribution in [1.82, 2.24) is 9.55 Å². The highest BCUT2D eigenvalue weighted by Gasteiger charge is 2.71. The van der Waals surface area contributed by atoms with E-state index in [2.05, 4.69) is 4.98 Å². The van der Waals surface area contributed by atoms with Crippen molar-refractivity contribution in [3.8, 4) is 5.69 Å². The van der Waals surface area contributed by atoms with Crippen molar-refractivity contribution in [2.75, 3.05) is 6.61 Å². The average molecular weight is 464 g/mol. The maximum absolute atomic E-state index is 13.1. The molecule has 0 unspecified atom stereocenters. The Morgan fingerprint density at radius 2 is 1.66 bits per heavy atom. The van der Waals surface area contributed by atoms with Gasteiger partial charge in [0.15, 0.2) is 0 Å². The lowest BCUT2D eigenvalue weighted by Crippen LogP contribution is -2.53. The molecule has 0 saturated heterocycles. The lowest BCUT2D eigenvalue weighted by molar-refractivity contribution is -0.376. The van der Waals surface area contributed by atoms with Gasteiger partial charge in [0.25, 0.3) is 5.60 Å². The van der Waals surface area contributed by atoms with Gasteiger partial charge < -0.3 is 9.84 Å². The van der Waals surface area contributed by atoms with Gasteiger partial charge >= 0.3 is 18.3 Å². The Morgan fingerprint density at radius 3 is 2.09 bits per heavy atom. The van der Waals surface area contributed by atoms with E-state index in [1.165, 1.54) is 23.8 Å². The molecule has 0 amide bonds. The number of benzene rings is 1. The largest absolute Gasteiger partial charge is 0.463 e. The predicted molar refractivity (Wildman–Crippen MR) is 104 cm³/mol. The molecule has 0 spiro atoms. The topological polar surface area (TPSA) is 64.3 Å². The number of carbonyl (C=O) groups is 1. The summed E-state index contributed by atoms with van der Waals surface area (Å²) in [7, 11) is 0. The molecule has 176 valence electrons. The van der Waals surface area contributed by atoms with Crippen LogP contribution in [-0.4, -0.2) is 39.6 Å². The minimum atomic E-state index is -5.98. The third-order valence-electron chi connectivity index (χ3n) is 4.66. The van der Waals surface area contributed by atoms with Crippen LogP contribution in [0.1, 0.15) is 50.7 Å². The molecule has 1 N–H and O–H groups in total. The van der Waals surface area contributed by atoms with Crippen LogP contribution in [-0.2, 0) is 15.1 Å². The minimum Gasteiger partial charge on any atom is -0.463 e. The number of halogens is 6. The second kappa shape index (κ2) is 8.97. The molecule has 5 nitrogen and oxygen atoms in total. The molecule has 0 saturated carbocycles. The summed E-state index contributed by atoms with van der Waals surface area (Å²) in [5, 5.41) is 9.58. The van der Waals surface area contributed by atoms with Crippen LogP contribution in [0.3, 0.4) is 0 Å². The Hall–Kier alpha value is -2.82. The predicted octanol–water partition coefficient (Wildman–Crippen LogP) is 5.27. The number of aliphatic hydroxyl groups is 1. The number of aromatic nitrogens is 2. The lowest BCUT2D eigenvalue weighted by atomic mass is 9.92. The van der Waals surface area contributed by atoms with Crippen LogP contribution in [0.2, 0.25) is 0 Å². The molecule has 0 aliphatic heterocycles. The van der Waals surface area contributed by atoms with Crippen LogP contribution in [0.4, 0.5) is 26.3 Å². The van der Waals surface area contributed by atoms with Crippen LogP contribution in [0.25, 0.3) is 11.8 Å². The molecule has 0 bridgehead atoms. The number of esters is 1. The highest BCUT2D eigenvalue weighted by Crippen LogP contribution is 2.50. The molecule has 32 heavy (non-hydrogen) atoms. The normalized spacial score (nSPS) is 13.6. The van der Waals surface area contributed by atoms with E-state index in [4.69, 9.17) is 4.74 Å². The van der Waals surface area contributed by atoms with Crippen molar-refractivity contribution < 1.29 is 41.0 Å². The summed E-state index contributed by atoms with van der Waals surface area (Å²) in [6.07, 6.45) is -9.08. The van der Waals surface area contributed by atoms with E-state index in [9.17, 15) is 36.2 Å². The zero-order valence-corrected chi connectivity index (χ0v) is 17.7. The van der Waals surface area contributed by atoms with E-state index in [-0.39, 0.29) is 23.8 Å². The van der Waals surface area contributed by atoms with E-state index in [1.54, 1.807) is 20.8 Å². The molecule has 0 aliphatic carbocycles. The summed E-state index contributed by atoms with van der Waals surface area (Å²) in [5.74, 6) is -0.285. The van der Waals surface area contributed by atoms with Gasteiger partial charge in [-0.2, -0.15) is 26.3 Å². The monoisotopic (exact) mass is 464 g/mol. The first-order valence-corrected chi connectivity index (χ1v) is 9.54. The Labute approximate surface area is 180 Å². The Balaban J connectivity index is 2.61. The maximum Gasteiger partial charge on any atom is 0.430 e. The molecular weight excluding hydrogens is 442 g/mol. The number of hydrogen-bond donors (Lipinski definition) is 1. The quantitative estimate of drug-likeness (QED) is 0.359. The van der Waals surface area contributed by atoms with Crippen LogP contribution in [0, 0.1) is 0 Å². The Morgan fingerprint density at radius 1 is 1.12 bits per heavy atom. The average Bonchev–Trinajstić information content (AvgIpc) is 3.09. The number of carbonyl (C=O) groups excluding carboxylic acids is 1. The van der Waals surface area contributed by atoms with Gasteiger partial charge in [-0.15, -0.1) is 0 Å². The summed E-state index contributed by atoms with van der Waals surface area (Å²) >= 11 is 0. The fraction of sp³-hybridized carbons (Fsp3) is 0.429. The molecule has 2 aromatic rings. The van der Waals surface area contributed by atoms with Crippen molar-refractivity contribution in [2.24, 2.45) is 0 Å². The third-order valence-corrected chi connectivity index (χ3v) is 4.66. The van der Waals surface area contributed by atoms with E-state index >= 15 is 0 Å². The standard InChI is InChI=1S/C21H22F6N2O3/c1-5-32-18(30)13(4)10-16-11-28-17(12(2)3)29(16)15-8-6-14(7-9-15)19(31,20(22,23)24)21(25,26)27/h6-12,31H,5H2,1-4H3/b13-10+. The summed E-state index contributed by atoms with van der Waals surface area (Å²) in [5.41, 5.74) is -5.59. The van der Waals surface area contributed by atoms with Crippen molar-refractivity contribution in [1.29, 1.82) is 0 Å². The molecule has 1 aromatic heterocycles. The smallest absolute Gasteiger partial charge is 0.430 e. The summed E-state index contributed by atoms with van der Waals surface area (Å²) in [6, 6.07) is 3.16. The SMILES string of the molecule is CCOC(=O)/C(C)=C/c1cnc(C(C)C)n1-c1ccc(C(O)(C(F)(F)F)C(F)(F)F)cc1. The van der Waals surface area contributed by atoms with Crippen molar-refractivity contribution in [3.05, 3.63) is 53.1 Å². The van der Waals surface area contributed by atoms with Crippen LogP contribution >= 0.6 is 0 Å². The maximum atomic E-state index is 13.1. The second-order valence-electron chi connectivity index (χ2n) is 7.33. The van der Waals surface area contributed by atoms with Crippen molar-refractivity contribution in [3.63, 3.8) is 0 Å². The highest BCUT2D eigenvalue weighted by molar-refractivity contribution is 5.92. The number of alkyl halides is 6. The van der Waals surface area contributed by atoms with Gasteiger partial charge in [-0.05, 0) is 32.1 Å². The van der Waals surface area contributed by atoms with Crippen LogP contribution in [0.5, 0.6) is 0 Å². The Bertz CT molecular complexity index is 974. The van der Waals surface area contributed by atoms with E-state index in [1.807, 2.05) is 0 Å². The van der Waals surface area contributed by atoms with Gasteiger partial charge in [-0.3, -0.25) is 4.57 Å². The number of rotatable bonds is 6. The second-order valence-corrected chi connectivity index (χ2v) is 7.33. The molecule has 0 radical (unpaired) electrons. The molecule has 11 heteroatoms. The first-order valence-electron chi connectivity index (χ1n) is 9.54. The van der Waals surface area contributed by atoms with Gasteiger partial charge in [0, 0.05) is 22.7 Å². The fourth-order valence-corrected chi connectivity index (χ4v) is 3.04. The van der Waals surface area contributed by atoms with E-state index < -0.39 is 29.5 Å². The first kappa shape index (κ1) is 25.4. The van der Waals surface area contributed by atoms with Gasteiger partial charge in [0.05, 0.1) is 18.5 Å². The number of hydrogen-bond acceptors (Lipinski definition) is 4. The minimum absolute atomic E-state index is 0.156. The molecular formula is C21H22F6N2O3. The first-order chi connectivity index (χ1) is 14.6. The van der Waals surface area contributed by atoms with Gasteiger partial charge in [-0.1, -0.05) is 26.0 Å². The molecule has 0 fully saturated rings. The molecule has 0 atom stereocenters. The zero-order valence-electron chi connectivity index (χ0n) is 17.7. The fourth-order valence-electron chi connectivity index (χ4n) is 3.04. The number of imidazole rings is 1.